The van der Waals surface area contributed by atoms with Gasteiger partial charge in [0.1, 0.15) is 0 Å². The van der Waals surface area contributed by atoms with E-state index in [1.165, 1.54) is 12.8 Å². The lowest BCUT2D eigenvalue weighted by Gasteiger charge is -2.34. The van der Waals surface area contributed by atoms with E-state index in [0.717, 1.165) is 39.1 Å². The topological polar surface area (TPSA) is 43.8 Å². The molecule has 1 aliphatic heterocycles. The quantitative estimate of drug-likeness (QED) is 0.750. The number of aliphatic hydroxyl groups excluding tert-OH is 1. The summed E-state index contributed by atoms with van der Waals surface area (Å²) in [7, 11) is 0. The van der Waals surface area contributed by atoms with E-state index >= 15 is 0 Å². The summed E-state index contributed by atoms with van der Waals surface area (Å²) < 4.78 is 0. The molecule has 2 rings (SSSR count). The fraction of sp³-hybridized carbons (Fsp3) is 0.917. The molecular weight excluding hydrogens is 204 g/mol. The van der Waals surface area contributed by atoms with Crippen LogP contribution in [-0.2, 0) is 4.79 Å². The van der Waals surface area contributed by atoms with Gasteiger partial charge < -0.3 is 10.0 Å². The van der Waals surface area contributed by atoms with E-state index in [9.17, 15) is 4.79 Å². The molecule has 0 aromatic rings. The molecule has 0 aromatic carbocycles. The first-order chi connectivity index (χ1) is 7.63. The highest BCUT2D eigenvalue weighted by Gasteiger charge is 2.40. The molecule has 16 heavy (non-hydrogen) atoms. The van der Waals surface area contributed by atoms with Gasteiger partial charge in [0.15, 0.2) is 0 Å². The van der Waals surface area contributed by atoms with Crippen molar-refractivity contribution in [1.82, 2.24) is 9.80 Å². The average molecular weight is 226 g/mol. The van der Waals surface area contributed by atoms with Gasteiger partial charge in [-0.05, 0) is 18.3 Å². The summed E-state index contributed by atoms with van der Waals surface area (Å²) in [4.78, 5) is 16.2. The predicted molar refractivity (Wildman–Crippen MR) is 62.1 cm³/mol. The Morgan fingerprint density at radius 1 is 1.25 bits per heavy atom. The summed E-state index contributed by atoms with van der Waals surface area (Å²) in [5, 5.41) is 8.83. The van der Waals surface area contributed by atoms with Crippen molar-refractivity contribution < 1.29 is 9.90 Å². The second kappa shape index (κ2) is 4.72. The second-order valence-corrected chi connectivity index (χ2v) is 5.43. The monoisotopic (exact) mass is 226 g/mol. The zero-order valence-electron chi connectivity index (χ0n) is 10.1. The van der Waals surface area contributed by atoms with E-state index in [1.54, 1.807) is 0 Å². The number of amides is 1. The maximum atomic E-state index is 12.0. The molecule has 1 heterocycles. The van der Waals surface area contributed by atoms with Crippen molar-refractivity contribution in [1.29, 1.82) is 0 Å². The van der Waals surface area contributed by atoms with Crippen molar-refractivity contribution in [3.63, 3.8) is 0 Å². The minimum absolute atomic E-state index is 0.214. The Morgan fingerprint density at radius 3 is 2.38 bits per heavy atom. The lowest BCUT2D eigenvalue weighted by atomic mass is 10.0. The molecule has 0 aromatic heterocycles. The minimum Gasteiger partial charge on any atom is -0.395 e. The number of carbonyl (C=O) groups excluding carboxylic acids is 1. The van der Waals surface area contributed by atoms with E-state index in [0.29, 0.717) is 11.3 Å². The van der Waals surface area contributed by atoms with Crippen LogP contribution in [0.5, 0.6) is 0 Å². The molecule has 0 radical (unpaired) electrons. The van der Waals surface area contributed by atoms with Gasteiger partial charge in [0.2, 0.25) is 5.91 Å². The molecule has 4 nitrogen and oxygen atoms in total. The third-order valence-corrected chi connectivity index (χ3v) is 3.82. The summed E-state index contributed by atoms with van der Waals surface area (Å²) >= 11 is 0. The first kappa shape index (κ1) is 11.9. The molecule has 2 aliphatic rings. The first-order valence-corrected chi connectivity index (χ1v) is 6.24. The molecule has 0 atom stereocenters. The molecule has 0 spiro atoms. The zero-order valence-corrected chi connectivity index (χ0v) is 10.1. The fourth-order valence-electron chi connectivity index (χ4n) is 2.23. The van der Waals surface area contributed by atoms with Crippen LogP contribution < -0.4 is 0 Å². The molecule has 1 saturated heterocycles. The summed E-state index contributed by atoms with van der Waals surface area (Å²) in [5.41, 5.74) is 0.319. The number of rotatable bonds is 4. The van der Waals surface area contributed by atoms with Gasteiger partial charge in [0, 0.05) is 39.1 Å². The van der Waals surface area contributed by atoms with Crippen molar-refractivity contribution >= 4 is 5.91 Å². The molecule has 92 valence electrons. The van der Waals surface area contributed by atoms with Crippen LogP contribution in [0.4, 0.5) is 0 Å². The van der Waals surface area contributed by atoms with Crippen molar-refractivity contribution in [2.75, 3.05) is 39.3 Å². The van der Waals surface area contributed by atoms with Gasteiger partial charge in [-0.2, -0.15) is 0 Å². The number of carbonyl (C=O) groups is 1. The Hall–Kier alpha value is -0.610. The number of aliphatic hydroxyl groups is 1. The third-order valence-electron chi connectivity index (χ3n) is 3.82. The lowest BCUT2D eigenvalue weighted by Crippen LogP contribution is -2.49. The number of hydrogen-bond acceptors (Lipinski definition) is 3. The highest BCUT2D eigenvalue weighted by molar-refractivity contribution is 5.77. The van der Waals surface area contributed by atoms with Crippen LogP contribution in [0.3, 0.4) is 0 Å². The first-order valence-electron chi connectivity index (χ1n) is 6.24. The van der Waals surface area contributed by atoms with Crippen molar-refractivity contribution in [2.24, 2.45) is 5.41 Å². The Balaban J connectivity index is 1.73. The predicted octanol–water partition coefficient (Wildman–Crippen LogP) is 0.313. The van der Waals surface area contributed by atoms with Crippen molar-refractivity contribution in [3.8, 4) is 0 Å². The smallest absolute Gasteiger partial charge is 0.223 e. The van der Waals surface area contributed by atoms with Crippen molar-refractivity contribution in [3.05, 3.63) is 0 Å². The van der Waals surface area contributed by atoms with Crippen LogP contribution in [0.15, 0.2) is 0 Å². The van der Waals surface area contributed by atoms with E-state index in [4.69, 9.17) is 5.11 Å². The molecule has 0 unspecified atom stereocenters. The highest BCUT2D eigenvalue weighted by atomic mass is 16.3. The van der Waals surface area contributed by atoms with Gasteiger partial charge in [0.25, 0.3) is 0 Å². The summed E-state index contributed by atoms with van der Waals surface area (Å²) in [6, 6.07) is 0. The molecule has 1 amide bonds. The Labute approximate surface area is 97.2 Å². The van der Waals surface area contributed by atoms with Gasteiger partial charge >= 0.3 is 0 Å². The Kier molecular flexibility index (Phi) is 3.50. The van der Waals surface area contributed by atoms with E-state index < -0.39 is 0 Å². The maximum Gasteiger partial charge on any atom is 0.223 e. The lowest BCUT2D eigenvalue weighted by molar-refractivity contribution is -0.134. The number of nitrogens with zero attached hydrogens (tertiary/aromatic N) is 2. The Morgan fingerprint density at radius 2 is 1.88 bits per heavy atom. The molecular formula is C12H22N2O2. The fourth-order valence-corrected chi connectivity index (χ4v) is 2.23. The van der Waals surface area contributed by atoms with Crippen LogP contribution in [0.2, 0.25) is 0 Å². The molecule has 2 fully saturated rings. The van der Waals surface area contributed by atoms with Gasteiger partial charge in [-0.3, -0.25) is 9.69 Å². The van der Waals surface area contributed by atoms with Gasteiger partial charge in [0.05, 0.1) is 6.61 Å². The van der Waals surface area contributed by atoms with Crippen LogP contribution in [0, 0.1) is 5.41 Å². The van der Waals surface area contributed by atoms with Crippen LogP contribution in [0.25, 0.3) is 0 Å². The third kappa shape index (κ3) is 2.95. The van der Waals surface area contributed by atoms with Gasteiger partial charge in [-0.15, -0.1) is 0 Å². The van der Waals surface area contributed by atoms with E-state index in [1.807, 2.05) is 4.90 Å². The molecule has 0 bridgehead atoms. The standard InChI is InChI=1S/C12H22N2O2/c1-12(2-3-12)10-11(16)14-6-4-13(5-7-14)8-9-15/h15H,2-10H2,1H3. The van der Waals surface area contributed by atoms with E-state index in [2.05, 4.69) is 11.8 Å². The van der Waals surface area contributed by atoms with Crippen LogP contribution in [0.1, 0.15) is 26.2 Å². The normalized spacial score (nSPS) is 24.5. The highest BCUT2D eigenvalue weighted by Crippen LogP contribution is 2.48. The summed E-state index contributed by atoms with van der Waals surface area (Å²) in [6.07, 6.45) is 3.15. The average Bonchev–Trinajstić information content (AvgIpc) is 2.97. The molecule has 1 saturated carbocycles. The zero-order chi connectivity index (χ0) is 11.6. The number of β-amino-alcohol motifs (C(OH)–C–C–N with tert-alkyl or cyclic N) is 1. The SMILES string of the molecule is CC1(CC(=O)N2CCN(CCO)CC2)CC1. The molecule has 4 heteroatoms. The largest absolute Gasteiger partial charge is 0.395 e. The molecule has 1 aliphatic carbocycles. The van der Waals surface area contributed by atoms with E-state index in [-0.39, 0.29) is 6.61 Å². The Bertz CT molecular complexity index is 256. The van der Waals surface area contributed by atoms with Gasteiger partial charge in [-0.25, -0.2) is 0 Å². The minimum atomic E-state index is 0.214. The summed E-state index contributed by atoms with van der Waals surface area (Å²) in [5.74, 6) is 0.323. The second-order valence-electron chi connectivity index (χ2n) is 5.43. The maximum absolute atomic E-state index is 12.0. The molecule has 1 N–H and O–H groups in total. The van der Waals surface area contributed by atoms with Crippen molar-refractivity contribution in [2.45, 2.75) is 26.2 Å². The van der Waals surface area contributed by atoms with Crippen LogP contribution in [-0.4, -0.2) is 60.1 Å². The van der Waals surface area contributed by atoms with Gasteiger partial charge in [-0.1, -0.05) is 6.92 Å². The summed E-state index contributed by atoms with van der Waals surface area (Å²) in [6.45, 7) is 6.62. The number of hydrogen-bond donors (Lipinski definition) is 1. The van der Waals surface area contributed by atoms with Crippen LogP contribution >= 0.6 is 0 Å². The number of piperazine rings is 1.